The molecule has 10 heteroatoms. The fourth-order valence-electron chi connectivity index (χ4n) is 4.29. The Kier molecular flexibility index (Phi) is 10.0. The Labute approximate surface area is 194 Å². The van der Waals surface area contributed by atoms with E-state index in [0.29, 0.717) is 39.5 Å². The highest BCUT2D eigenvalue weighted by molar-refractivity contribution is 5.90. The maximum Gasteiger partial charge on any atom is 0.226 e. The van der Waals surface area contributed by atoms with Crippen LogP contribution in [-0.2, 0) is 23.9 Å². The van der Waals surface area contributed by atoms with E-state index >= 15 is 0 Å². The van der Waals surface area contributed by atoms with Gasteiger partial charge in [-0.1, -0.05) is 6.07 Å². The molecule has 182 valence electrons. The molecular weight excluding hydrogens is 426 g/mol. The lowest BCUT2D eigenvalue weighted by Gasteiger charge is -2.24. The molecule has 3 heterocycles. The summed E-state index contributed by atoms with van der Waals surface area (Å²) >= 11 is 0. The van der Waals surface area contributed by atoms with Gasteiger partial charge in [0.2, 0.25) is 17.7 Å². The zero-order valence-corrected chi connectivity index (χ0v) is 19.3. The Balaban J connectivity index is 1.23. The molecule has 33 heavy (non-hydrogen) atoms. The van der Waals surface area contributed by atoms with Gasteiger partial charge >= 0.3 is 0 Å². The number of likely N-dealkylation sites (tertiary alicyclic amines) is 1. The number of pyridine rings is 1. The van der Waals surface area contributed by atoms with Crippen LogP contribution < -0.4 is 16.0 Å². The summed E-state index contributed by atoms with van der Waals surface area (Å²) < 4.78 is 11.0. The number of ether oxygens (including phenoxy) is 2. The van der Waals surface area contributed by atoms with Gasteiger partial charge in [0, 0.05) is 44.9 Å². The molecule has 1 aromatic heterocycles. The van der Waals surface area contributed by atoms with Crippen molar-refractivity contribution >= 4 is 17.7 Å². The molecule has 0 bridgehead atoms. The van der Waals surface area contributed by atoms with E-state index in [-0.39, 0.29) is 36.1 Å². The number of nitrogens with one attached hydrogen (secondary N) is 3. The van der Waals surface area contributed by atoms with Gasteiger partial charge in [0.1, 0.15) is 0 Å². The lowest BCUT2D eigenvalue weighted by Crippen LogP contribution is -2.39. The minimum Gasteiger partial charge on any atom is -0.377 e. The summed E-state index contributed by atoms with van der Waals surface area (Å²) in [7, 11) is 1.72. The second-order valence-corrected chi connectivity index (χ2v) is 8.38. The zero-order valence-electron chi connectivity index (χ0n) is 19.3. The number of hydrogen-bond donors (Lipinski definition) is 3. The molecule has 2 fully saturated rings. The van der Waals surface area contributed by atoms with E-state index in [9.17, 15) is 14.4 Å². The van der Waals surface area contributed by atoms with Gasteiger partial charge in [-0.3, -0.25) is 19.4 Å². The summed E-state index contributed by atoms with van der Waals surface area (Å²) in [5.74, 6) is -0.453. The lowest BCUT2D eigenvalue weighted by atomic mass is 9.94. The van der Waals surface area contributed by atoms with Crippen molar-refractivity contribution < 1.29 is 23.9 Å². The molecule has 0 radical (unpaired) electrons. The molecule has 0 spiro atoms. The molecular formula is C23H35N5O5. The third kappa shape index (κ3) is 7.48. The van der Waals surface area contributed by atoms with E-state index < -0.39 is 5.92 Å². The second kappa shape index (κ2) is 13.2. The molecule has 3 rings (SSSR count). The first kappa shape index (κ1) is 25.1. The summed E-state index contributed by atoms with van der Waals surface area (Å²) in [5.41, 5.74) is 0.853. The maximum atomic E-state index is 12.7. The Hall–Kier alpha value is -2.56. The van der Waals surface area contributed by atoms with Crippen LogP contribution in [0.4, 0.5) is 0 Å². The van der Waals surface area contributed by atoms with Crippen LogP contribution in [0, 0.1) is 11.8 Å². The molecule has 2 saturated heterocycles. The quantitative estimate of drug-likeness (QED) is 0.371. The largest absolute Gasteiger partial charge is 0.377 e. The van der Waals surface area contributed by atoms with Crippen molar-refractivity contribution in [2.75, 3.05) is 59.7 Å². The third-order valence-electron chi connectivity index (χ3n) is 6.12. The van der Waals surface area contributed by atoms with Gasteiger partial charge in [-0.05, 0) is 37.6 Å². The summed E-state index contributed by atoms with van der Waals surface area (Å²) in [6.07, 6.45) is 5.32. The zero-order chi connectivity index (χ0) is 23.5. The normalized spacial score (nSPS) is 21.2. The van der Waals surface area contributed by atoms with Gasteiger partial charge in [-0.15, -0.1) is 0 Å². The number of aromatic nitrogens is 1. The Bertz CT molecular complexity index is 772. The average Bonchev–Trinajstić information content (AvgIpc) is 3.15. The van der Waals surface area contributed by atoms with Gasteiger partial charge < -0.3 is 30.3 Å². The number of amides is 3. The second-order valence-electron chi connectivity index (χ2n) is 8.38. The summed E-state index contributed by atoms with van der Waals surface area (Å²) in [4.78, 5) is 42.6. The highest BCUT2D eigenvalue weighted by Gasteiger charge is 2.42. The number of piperidine rings is 1. The van der Waals surface area contributed by atoms with Gasteiger partial charge in [-0.25, -0.2) is 0 Å². The topological polar surface area (TPSA) is 122 Å². The summed E-state index contributed by atoms with van der Waals surface area (Å²) in [6, 6.07) is 3.38. The summed E-state index contributed by atoms with van der Waals surface area (Å²) in [5, 5.41) is 9.02. The standard InChI is InChI=1S/C23H35N5O5/c1-28-20(29)15-19(21(28)18-3-2-6-25-16-18)23(31)27-10-12-33-14-13-32-11-9-26-22(30)17-4-7-24-8-5-17/h2-3,6,16-17,19,21,24H,4-5,7-15H2,1H3,(H,26,30)(H,27,31)/t19-,21+/m0/s1. The van der Waals surface area contributed by atoms with Crippen LogP contribution in [0.15, 0.2) is 24.5 Å². The minimum atomic E-state index is -0.449. The first-order valence-corrected chi connectivity index (χ1v) is 11.6. The first-order valence-electron chi connectivity index (χ1n) is 11.6. The van der Waals surface area contributed by atoms with Crippen molar-refractivity contribution in [3.8, 4) is 0 Å². The number of carbonyl (C=O) groups is 3. The molecule has 2 aliphatic heterocycles. The molecule has 1 aromatic rings. The molecule has 0 saturated carbocycles. The first-order chi connectivity index (χ1) is 16.1. The van der Waals surface area contributed by atoms with Crippen molar-refractivity contribution in [2.24, 2.45) is 11.8 Å². The van der Waals surface area contributed by atoms with Crippen molar-refractivity contribution in [3.63, 3.8) is 0 Å². The van der Waals surface area contributed by atoms with Gasteiger partial charge in [0.25, 0.3) is 0 Å². The Morgan fingerprint density at radius 3 is 2.39 bits per heavy atom. The SMILES string of the molecule is CN1C(=O)C[C@H](C(=O)NCCOCCOCCNC(=O)C2CCNCC2)[C@H]1c1cccnc1. The van der Waals surface area contributed by atoms with Crippen LogP contribution in [0.3, 0.4) is 0 Å². The maximum absolute atomic E-state index is 12.7. The smallest absolute Gasteiger partial charge is 0.226 e. The van der Waals surface area contributed by atoms with Crippen molar-refractivity contribution in [2.45, 2.75) is 25.3 Å². The molecule has 0 aliphatic carbocycles. The van der Waals surface area contributed by atoms with Gasteiger partial charge in [0.15, 0.2) is 0 Å². The van der Waals surface area contributed by atoms with Crippen LogP contribution >= 0.6 is 0 Å². The van der Waals surface area contributed by atoms with Crippen LogP contribution in [0.25, 0.3) is 0 Å². The highest BCUT2D eigenvalue weighted by Crippen LogP contribution is 2.36. The number of nitrogens with zero attached hydrogens (tertiary/aromatic N) is 2. The molecule has 2 aliphatic rings. The summed E-state index contributed by atoms with van der Waals surface area (Å²) in [6.45, 7) is 4.26. The number of rotatable bonds is 12. The number of hydrogen-bond acceptors (Lipinski definition) is 7. The average molecular weight is 462 g/mol. The number of carbonyl (C=O) groups excluding carboxylic acids is 3. The van der Waals surface area contributed by atoms with E-state index in [1.54, 1.807) is 30.4 Å². The van der Waals surface area contributed by atoms with E-state index in [2.05, 4.69) is 20.9 Å². The molecule has 10 nitrogen and oxygen atoms in total. The lowest BCUT2D eigenvalue weighted by molar-refractivity contribution is -0.128. The molecule has 0 unspecified atom stereocenters. The minimum absolute atomic E-state index is 0.0515. The Morgan fingerprint density at radius 2 is 1.76 bits per heavy atom. The van der Waals surface area contributed by atoms with E-state index in [1.165, 1.54) is 0 Å². The van der Waals surface area contributed by atoms with E-state index in [1.807, 2.05) is 6.07 Å². The predicted octanol–water partition coefficient (Wildman–Crippen LogP) is -0.134. The molecule has 2 atom stereocenters. The van der Waals surface area contributed by atoms with Crippen LogP contribution in [0.5, 0.6) is 0 Å². The Morgan fingerprint density at radius 1 is 1.09 bits per heavy atom. The molecule has 0 aromatic carbocycles. The monoisotopic (exact) mass is 461 g/mol. The fraction of sp³-hybridized carbons (Fsp3) is 0.652. The van der Waals surface area contributed by atoms with Crippen molar-refractivity contribution in [1.29, 1.82) is 0 Å². The molecule has 3 amide bonds. The van der Waals surface area contributed by atoms with Crippen molar-refractivity contribution in [3.05, 3.63) is 30.1 Å². The predicted molar refractivity (Wildman–Crippen MR) is 121 cm³/mol. The van der Waals surface area contributed by atoms with Crippen LogP contribution in [0.1, 0.15) is 30.9 Å². The van der Waals surface area contributed by atoms with Crippen LogP contribution in [0.2, 0.25) is 0 Å². The van der Waals surface area contributed by atoms with E-state index in [0.717, 1.165) is 31.5 Å². The van der Waals surface area contributed by atoms with E-state index in [4.69, 9.17) is 9.47 Å². The van der Waals surface area contributed by atoms with Gasteiger partial charge in [0.05, 0.1) is 38.4 Å². The van der Waals surface area contributed by atoms with Gasteiger partial charge in [-0.2, -0.15) is 0 Å². The van der Waals surface area contributed by atoms with Crippen molar-refractivity contribution in [1.82, 2.24) is 25.8 Å². The highest BCUT2D eigenvalue weighted by atomic mass is 16.5. The molecule has 3 N–H and O–H groups in total. The van der Waals surface area contributed by atoms with Crippen LogP contribution in [-0.4, -0.2) is 87.3 Å². The third-order valence-corrected chi connectivity index (χ3v) is 6.12. The fourth-order valence-corrected chi connectivity index (χ4v) is 4.29.